The van der Waals surface area contributed by atoms with Crippen LogP contribution in [0.4, 0.5) is 4.39 Å². The van der Waals surface area contributed by atoms with Crippen LogP contribution in [0.3, 0.4) is 0 Å². The molecule has 19 heavy (non-hydrogen) atoms. The second-order valence-corrected chi connectivity index (χ2v) is 7.19. The number of benzene rings is 1. The average Bonchev–Trinajstić information content (AvgIpc) is 2.35. The molecule has 1 saturated carbocycles. The summed E-state index contributed by atoms with van der Waals surface area (Å²) in [6, 6.07) is 3.04. The van der Waals surface area contributed by atoms with Crippen LogP contribution in [0.25, 0.3) is 0 Å². The molecule has 0 radical (unpaired) electrons. The molecule has 1 aliphatic carbocycles. The summed E-state index contributed by atoms with van der Waals surface area (Å²) in [6.45, 7) is 2.23. The summed E-state index contributed by atoms with van der Waals surface area (Å²) < 4.78 is 14.2. The topological polar surface area (TPSA) is 37.3 Å². The Morgan fingerprint density at radius 2 is 2.21 bits per heavy atom. The van der Waals surface area contributed by atoms with Crippen LogP contribution < -0.4 is 0 Å². The molecule has 1 N–H and O–H groups in total. The largest absolute Gasteiger partial charge is 0.478 e. The fraction of sp³-hybridized carbons (Fsp3) is 0.500. The Hall–Kier alpha value is -0.550. The molecule has 2 nitrogen and oxygen atoms in total. The molecule has 1 aromatic carbocycles. The zero-order valence-corrected chi connectivity index (χ0v) is 13.1. The molecular formula is C14H16BrFO2S. The summed E-state index contributed by atoms with van der Waals surface area (Å²) in [5, 5.41) is 9.36. The molecule has 0 bridgehead atoms. The minimum atomic E-state index is -1.12. The van der Waals surface area contributed by atoms with E-state index in [1.54, 1.807) is 6.07 Å². The second kappa shape index (κ2) is 6.27. The summed E-state index contributed by atoms with van der Waals surface area (Å²) in [6.07, 6.45) is 4.64. The smallest absolute Gasteiger partial charge is 0.336 e. The molecular weight excluding hydrogens is 331 g/mol. The fourth-order valence-electron chi connectivity index (χ4n) is 2.45. The van der Waals surface area contributed by atoms with E-state index < -0.39 is 11.8 Å². The van der Waals surface area contributed by atoms with Gasteiger partial charge >= 0.3 is 5.97 Å². The van der Waals surface area contributed by atoms with Gasteiger partial charge in [0.25, 0.3) is 0 Å². The third kappa shape index (κ3) is 3.51. The fourth-order valence-corrected chi connectivity index (χ4v) is 4.52. The highest BCUT2D eigenvalue weighted by atomic mass is 79.9. The zero-order valence-electron chi connectivity index (χ0n) is 10.7. The number of carboxylic acid groups (broad SMARTS) is 1. The van der Waals surface area contributed by atoms with Crippen molar-refractivity contribution in [3.05, 3.63) is 28.0 Å². The lowest BCUT2D eigenvalue weighted by Gasteiger charge is -2.26. The Labute approximate surface area is 124 Å². The van der Waals surface area contributed by atoms with Crippen molar-refractivity contribution in [2.75, 3.05) is 0 Å². The number of aromatic carboxylic acids is 1. The Kier molecular flexibility index (Phi) is 4.90. The quantitative estimate of drug-likeness (QED) is 0.840. The zero-order chi connectivity index (χ0) is 14.0. The monoisotopic (exact) mass is 346 g/mol. The molecule has 2 atom stereocenters. The number of carboxylic acids is 1. The maximum absolute atomic E-state index is 14.1. The minimum absolute atomic E-state index is 0.0288. The van der Waals surface area contributed by atoms with Gasteiger partial charge in [-0.25, -0.2) is 9.18 Å². The molecule has 2 unspecified atom stereocenters. The van der Waals surface area contributed by atoms with Crippen molar-refractivity contribution in [1.29, 1.82) is 0 Å². The van der Waals surface area contributed by atoms with Gasteiger partial charge in [0.1, 0.15) is 0 Å². The molecule has 0 heterocycles. The van der Waals surface area contributed by atoms with Crippen molar-refractivity contribution >= 4 is 33.7 Å². The van der Waals surface area contributed by atoms with Crippen molar-refractivity contribution in [1.82, 2.24) is 0 Å². The van der Waals surface area contributed by atoms with Crippen molar-refractivity contribution in [2.45, 2.75) is 42.8 Å². The first-order valence-electron chi connectivity index (χ1n) is 6.37. The molecule has 2 rings (SSSR count). The van der Waals surface area contributed by atoms with E-state index in [4.69, 9.17) is 5.11 Å². The van der Waals surface area contributed by atoms with Crippen molar-refractivity contribution in [3.8, 4) is 0 Å². The van der Waals surface area contributed by atoms with Crippen molar-refractivity contribution < 1.29 is 14.3 Å². The van der Waals surface area contributed by atoms with E-state index in [0.717, 1.165) is 12.8 Å². The van der Waals surface area contributed by atoms with Gasteiger partial charge in [0.2, 0.25) is 0 Å². The molecule has 0 aromatic heterocycles. The molecule has 104 valence electrons. The highest BCUT2D eigenvalue weighted by Crippen LogP contribution is 2.39. The predicted octanol–water partition coefficient (Wildman–Crippen LogP) is 4.96. The first-order chi connectivity index (χ1) is 8.99. The summed E-state index contributed by atoms with van der Waals surface area (Å²) in [5.74, 6) is -0.882. The van der Waals surface area contributed by atoms with Crippen LogP contribution in [0, 0.1) is 11.7 Å². The van der Waals surface area contributed by atoms with E-state index in [1.807, 2.05) is 0 Å². The van der Waals surface area contributed by atoms with Gasteiger partial charge in [-0.05, 0) is 46.8 Å². The molecule has 0 saturated heterocycles. The number of thioether (sulfide) groups is 1. The Bertz CT molecular complexity index is 493. The minimum Gasteiger partial charge on any atom is -0.478 e. The standard InChI is InChI=1S/C14H16BrFO2S/c1-8-3-2-4-9(7-8)19-11-6-5-10(14(17)18)12(15)13(11)16/h5-6,8-9H,2-4,7H2,1H3,(H,17,18). The van der Waals surface area contributed by atoms with E-state index in [9.17, 15) is 9.18 Å². The molecule has 0 aliphatic heterocycles. The first kappa shape index (κ1) is 14.9. The number of carbonyl (C=O) groups is 1. The van der Waals surface area contributed by atoms with Crippen LogP contribution >= 0.6 is 27.7 Å². The second-order valence-electron chi connectivity index (χ2n) is 5.06. The maximum Gasteiger partial charge on any atom is 0.336 e. The van der Waals surface area contributed by atoms with E-state index >= 15 is 0 Å². The summed E-state index contributed by atoms with van der Waals surface area (Å²) >= 11 is 4.57. The maximum atomic E-state index is 14.1. The Morgan fingerprint density at radius 3 is 2.84 bits per heavy atom. The van der Waals surface area contributed by atoms with Gasteiger partial charge in [-0.1, -0.05) is 19.8 Å². The van der Waals surface area contributed by atoms with Crippen LogP contribution in [-0.2, 0) is 0 Å². The molecule has 1 fully saturated rings. The summed E-state index contributed by atoms with van der Waals surface area (Å²) in [5.41, 5.74) is -0.0288. The van der Waals surface area contributed by atoms with Crippen LogP contribution in [0.5, 0.6) is 0 Å². The van der Waals surface area contributed by atoms with Gasteiger partial charge in [0.15, 0.2) is 5.82 Å². The summed E-state index contributed by atoms with van der Waals surface area (Å²) in [4.78, 5) is 11.5. The number of hydrogen-bond acceptors (Lipinski definition) is 2. The lowest BCUT2D eigenvalue weighted by Crippen LogP contribution is -2.15. The van der Waals surface area contributed by atoms with E-state index in [-0.39, 0.29) is 10.0 Å². The first-order valence-corrected chi connectivity index (χ1v) is 8.04. The van der Waals surface area contributed by atoms with Gasteiger partial charge < -0.3 is 5.11 Å². The number of halogens is 2. The van der Waals surface area contributed by atoms with E-state index in [1.165, 1.54) is 30.7 Å². The average molecular weight is 347 g/mol. The lowest BCUT2D eigenvalue weighted by atomic mass is 9.91. The van der Waals surface area contributed by atoms with Gasteiger partial charge in [0.05, 0.1) is 10.0 Å². The SMILES string of the molecule is CC1CCCC(Sc2ccc(C(=O)O)c(Br)c2F)C1. The number of hydrogen-bond donors (Lipinski definition) is 1. The lowest BCUT2D eigenvalue weighted by molar-refractivity contribution is 0.0695. The predicted molar refractivity (Wildman–Crippen MR) is 78.3 cm³/mol. The van der Waals surface area contributed by atoms with Gasteiger partial charge in [-0.2, -0.15) is 0 Å². The molecule has 0 amide bonds. The Morgan fingerprint density at radius 1 is 1.47 bits per heavy atom. The Balaban J connectivity index is 2.17. The molecule has 1 aromatic rings. The van der Waals surface area contributed by atoms with E-state index in [0.29, 0.717) is 16.1 Å². The number of rotatable bonds is 3. The third-order valence-corrected chi connectivity index (χ3v) is 5.57. The molecule has 5 heteroatoms. The van der Waals surface area contributed by atoms with Crippen LogP contribution in [-0.4, -0.2) is 16.3 Å². The molecule has 1 aliphatic rings. The van der Waals surface area contributed by atoms with E-state index in [2.05, 4.69) is 22.9 Å². The van der Waals surface area contributed by atoms with Crippen LogP contribution in [0.2, 0.25) is 0 Å². The summed E-state index contributed by atoms with van der Waals surface area (Å²) in [7, 11) is 0. The van der Waals surface area contributed by atoms with Crippen molar-refractivity contribution in [2.24, 2.45) is 5.92 Å². The highest BCUT2D eigenvalue weighted by Gasteiger charge is 2.23. The van der Waals surface area contributed by atoms with Gasteiger partial charge in [-0.15, -0.1) is 11.8 Å². The van der Waals surface area contributed by atoms with Crippen molar-refractivity contribution in [3.63, 3.8) is 0 Å². The normalized spacial score (nSPS) is 23.3. The highest BCUT2D eigenvalue weighted by molar-refractivity contribution is 9.10. The molecule has 0 spiro atoms. The third-order valence-electron chi connectivity index (χ3n) is 3.46. The van der Waals surface area contributed by atoms with Crippen LogP contribution in [0.1, 0.15) is 43.0 Å². The van der Waals surface area contributed by atoms with Crippen LogP contribution in [0.15, 0.2) is 21.5 Å². The van der Waals surface area contributed by atoms with Gasteiger partial charge in [-0.3, -0.25) is 0 Å². The van der Waals surface area contributed by atoms with Gasteiger partial charge in [0, 0.05) is 10.1 Å².